The maximum atomic E-state index is 13.4. The summed E-state index contributed by atoms with van der Waals surface area (Å²) in [6.07, 6.45) is 0. The fourth-order valence-corrected chi connectivity index (χ4v) is 3.80. The van der Waals surface area contributed by atoms with E-state index < -0.39 is 23.2 Å². The minimum Gasteiger partial charge on any atom is -0.503 e. The molecule has 0 aliphatic rings. The molecule has 2 N–H and O–H groups in total. The van der Waals surface area contributed by atoms with Crippen LogP contribution in [0.25, 0.3) is 11.3 Å². The zero-order valence-corrected chi connectivity index (χ0v) is 15.7. The predicted octanol–water partition coefficient (Wildman–Crippen LogP) is 4.95. The molecule has 0 amide bonds. The van der Waals surface area contributed by atoms with E-state index in [-0.39, 0.29) is 17.9 Å². The van der Waals surface area contributed by atoms with Gasteiger partial charge in [-0.3, -0.25) is 4.79 Å². The number of aromatic hydroxyl groups is 2. The lowest BCUT2D eigenvalue weighted by atomic mass is 10.0. The summed E-state index contributed by atoms with van der Waals surface area (Å²) in [4.78, 5) is 14.0. The average molecular weight is 397 g/mol. The van der Waals surface area contributed by atoms with Crippen molar-refractivity contribution >= 4 is 17.1 Å². The van der Waals surface area contributed by atoms with Crippen LogP contribution in [-0.4, -0.2) is 20.6 Å². The van der Waals surface area contributed by atoms with Gasteiger partial charge in [0.2, 0.25) is 11.7 Å². The molecule has 5 nitrogen and oxygen atoms in total. The van der Waals surface area contributed by atoms with E-state index in [1.54, 1.807) is 13.0 Å². The van der Waals surface area contributed by atoms with Gasteiger partial charge in [-0.15, -0.1) is 11.3 Å². The van der Waals surface area contributed by atoms with Crippen LogP contribution < -0.4 is 0 Å². The van der Waals surface area contributed by atoms with Gasteiger partial charge in [-0.2, -0.15) is 0 Å². The first kappa shape index (κ1) is 18.1. The van der Waals surface area contributed by atoms with Crippen molar-refractivity contribution in [1.29, 1.82) is 0 Å². The van der Waals surface area contributed by atoms with Gasteiger partial charge in [0.1, 0.15) is 11.6 Å². The smallest absolute Gasteiger partial charge is 0.236 e. The molecule has 0 aliphatic carbocycles. The average Bonchev–Trinajstić information content (AvgIpc) is 3.40. The van der Waals surface area contributed by atoms with E-state index in [1.165, 1.54) is 46.2 Å². The van der Waals surface area contributed by atoms with Gasteiger partial charge >= 0.3 is 0 Å². The van der Waals surface area contributed by atoms with Crippen molar-refractivity contribution in [3.63, 3.8) is 0 Å². The number of carbonyl (C=O) groups excluding carboxylic acids is 1. The van der Waals surface area contributed by atoms with Crippen LogP contribution in [0.2, 0.25) is 0 Å². The number of rotatable bonds is 5. The van der Waals surface area contributed by atoms with Crippen molar-refractivity contribution in [2.24, 2.45) is 0 Å². The van der Waals surface area contributed by atoms with E-state index in [0.29, 0.717) is 17.0 Å². The summed E-state index contributed by atoms with van der Waals surface area (Å²) in [7, 11) is 0. The van der Waals surface area contributed by atoms with E-state index >= 15 is 0 Å². The van der Waals surface area contributed by atoms with Crippen LogP contribution >= 0.6 is 11.3 Å². The van der Waals surface area contributed by atoms with Crippen molar-refractivity contribution in [2.45, 2.75) is 13.5 Å². The fraction of sp³-hybridized carbons (Fsp3) is 0.0952. The molecule has 0 bridgehead atoms. The Hall–Kier alpha value is -3.32. The second-order valence-electron chi connectivity index (χ2n) is 6.31. The van der Waals surface area contributed by atoms with Gasteiger partial charge in [0.25, 0.3) is 0 Å². The summed E-state index contributed by atoms with van der Waals surface area (Å²) in [6, 6.07) is 12.4. The second-order valence-corrected chi connectivity index (χ2v) is 7.34. The van der Waals surface area contributed by atoms with Crippen LogP contribution in [0.3, 0.4) is 0 Å². The first-order chi connectivity index (χ1) is 13.5. The first-order valence-corrected chi connectivity index (χ1v) is 9.37. The molecule has 3 aromatic heterocycles. The number of hydrogen-bond acceptors (Lipinski definition) is 5. The molecule has 1 aromatic carbocycles. The van der Waals surface area contributed by atoms with E-state index in [4.69, 9.17) is 4.42 Å². The summed E-state index contributed by atoms with van der Waals surface area (Å²) in [6.45, 7) is 1.95. The maximum Gasteiger partial charge on any atom is 0.236 e. The van der Waals surface area contributed by atoms with Crippen molar-refractivity contribution in [3.8, 4) is 22.9 Å². The second kappa shape index (κ2) is 7.01. The molecule has 0 atom stereocenters. The van der Waals surface area contributed by atoms with E-state index in [2.05, 4.69) is 0 Å². The van der Waals surface area contributed by atoms with Crippen LogP contribution in [0.1, 0.15) is 26.8 Å². The van der Waals surface area contributed by atoms with Gasteiger partial charge in [-0.25, -0.2) is 4.39 Å². The third-order valence-corrected chi connectivity index (χ3v) is 5.28. The number of carbonyl (C=O) groups is 1. The van der Waals surface area contributed by atoms with E-state index in [9.17, 15) is 19.4 Å². The molecular formula is C21H16FNO4S. The molecule has 0 radical (unpaired) electrons. The highest BCUT2D eigenvalue weighted by Gasteiger charge is 2.30. The Balaban J connectivity index is 1.94. The number of aryl methyl sites for hydroxylation is 1. The Morgan fingerprint density at radius 2 is 1.89 bits per heavy atom. The van der Waals surface area contributed by atoms with Gasteiger partial charge < -0.3 is 19.2 Å². The maximum absolute atomic E-state index is 13.4. The van der Waals surface area contributed by atoms with Crippen LogP contribution in [0, 0.1) is 12.7 Å². The molecule has 0 unspecified atom stereocenters. The molecule has 142 valence electrons. The number of benzene rings is 1. The predicted molar refractivity (Wildman–Crippen MR) is 103 cm³/mol. The molecule has 0 saturated heterocycles. The number of ketones is 1. The summed E-state index contributed by atoms with van der Waals surface area (Å²) >= 11 is 1.48. The minimum atomic E-state index is -0.565. The highest BCUT2D eigenvalue weighted by atomic mass is 32.1. The molecule has 0 aliphatic heterocycles. The van der Waals surface area contributed by atoms with Crippen molar-refractivity contribution in [2.75, 3.05) is 0 Å². The van der Waals surface area contributed by atoms with Crippen molar-refractivity contribution in [3.05, 3.63) is 81.7 Å². The number of furan rings is 1. The topological polar surface area (TPSA) is 75.6 Å². The summed E-state index contributed by atoms with van der Waals surface area (Å²) in [5, 5.41) is 23.0. The van der Waals surface area contributed by atoms with Crippen LogP contribution in [0.4, 0.5) is 4.39 Å². The van der Waals surface area contributed by atoms with Gasteiger partial charge in [-0.1, -0.05) is 6.07 Å². The number of aromatic nitrogens is 1. The van der Waals surface area contributed by atoms with Crippen molar-refractivity contribution < 1.29 is 23.8 Å². The van der Waals surface area contributed by atoms with E-state index in [1.807, 2.05) is 17.5 Å². The summed E-state index contributed by atoms with van der Waals surface area (Å²) in [5.41, 5.74) is 0.692. The molecule has 0 fully saturated rings. The molecule has 0 saturated carbocycles. The lowest BCUT2D eigenvalue weighted by Crippen LogP contribution is -2.05. The molecule has 4 aromatic rings. The highest BCUT2D eigenvalue weighted by molar-refractivity contribution is 7.09. The largest absolute Gasteiger partial charge is 0.503 e. The number of thiophene rings is 1. The lowest BCUT2D eigenvalue weighted by Gasteiger charge is -2.11. The minimum absolute atomic E-state index is 0.0458. The number of hydrogen-bond donors (Lipinski definition) is 2. The molecule has 0 spiro atoms. The zero-order chi connectivity index (χ0) is 19.8. The fourth-order valence-electron chi connectivity index (χ4n) is 3.11. The summed E-state index contributed by atoms with van der Waals surface area (Å²) < 4.78 is 20.3. The molecule has 4 rings (SSSR count). The first-order valence-electron chi connectivity index (χ1n) is 8.49. The standard InChI is InChI=1S/C21H16FNO4S/c1-12-4-9-16(27-12)19(24)17-18(13-5-7-14(22)8-6-13)23(21(26)20(17)25)11-15-3-2-10-28-15/h2-10,25-26H,11H2,1H3. The molecule has 3 heterocycles. The Labute approximate surface area is 163 Å². The normalized spacial score (nSPS) is 11.1. The third-order valence-electron chi connectivity index (χ3n) is 4.41. The number of nitrogens with zero attached hydrogens (tertiary/aromatic N) is 1. The zero-order valence-electron chi connectivity index (χ0n) is 14.8. The van der Waals surface area contributed by atoms with Gasteiger partial charge in [-0.05, 0) is 60.3 Å². The molecule has 7 heteroatoms. The lowest BCUT2D eigenvalue weighted by molar-refractivity contribution is 0.101. The van der Waals surface area contributed by atoms with Crippen LogP contribution in [0.15, 0.2) is 58.3 Å². The number of halogens is 1. The SMILES string of the molecule is Cc1ccc(C(=O)c2c(O)c(O)n(Cc3cccs3)c2-c2ccc(F)cc2)o1. The van der Waals surface area contributed by atoms with Crippen LogP contribution in [-0.2, 0) is 6.54 Å². The monoisotopic (exact) mass is 397 g/mol. The van der Waals surface area contributed by atoms with Crippen LogP contribution in [0.5, 0.6) is 11.6 Å². The van der Waals surface area contributed by atoms with Crippen molar-refractivity contribution in [1.82, 2.24) is 4.57 Å². The van der Waals surface area contributed by atoms with E-state index in [0.717, 1.165) is 4.88 Å². The molecule has 28 heavy (non-hydrogen) atoms. The highest BCUT2D eigenvalue weighted by Crippen LogP contribution is 2.42. The van der Waals surface area contributed by atoms with Gasteiger partial charge in [0.15, 0.2) is 11.5 Å². The Morgan fingerprint density at radius 3 is 2.50 bits per heavy atom. The third kappa shape index (κ3) is 3.10. The Bertz CT molecular complexity index is 1140. The molecular weight excluding hydrogens is 381 g/mol. The Kier molecular flexibility index (Phi) is 4.52. The van der Waals surface area contributed by atoms with Gasteiger partial charge in [0, 0.05) is 4.88 Å². The quantitative estimate of drug-likeness (QED) is 0.467. The Morgan fingerprint density at radius 1 is 1.14 bits per heavy atom. The van der Waals surface area contributed by atoms with Gasteiger partial charge in [0.05, 0.1) is 17.8 Å². The summed E-state index contributed by atoms with van der Waals surface area (Å²) in [5.74, 6) is -1.36.